The maximum Gasteiger partial charge on any atom is 0.261 e. The zero-order valence-corrected chi connectivity index (χ0v) is 22.6. The highest BCUT2D eigenvalue weighted by molar-refractivity contribution is 6.35. The molecule has 1 saturated carbocycles. The van der Waals surface area contributed by atoms with Crippen molar-refractivity contribution in [3.05, 3.63) is 99.8 Å². The van der Waals surface area contributed by atoms with E-state index in [9.17, 15) is 14.0 Å². The first-order valence-electron chi connectivity index (χ1n) is 12.9. The van der Waals surface area contributed by atoms with Crippen LogP contribution in [0, 0.1) is 5.82 Å². The predicted molar refractivity (Wildman–Crippen MR) is 148 cm³/mol. The normalized spacial score (nSPS) is 14.5. The summed E-state index contributed by atoms with van der Waals surface area (Å²) < 4.78 is 20.4. The molecule has 4 rings (SSSR count). The second-order valence-corrected chi connectivity index (χ2v) is 10.4. The molecule has 0 aromatic heterocycles. The quantitative estimate of drug-likeness (QED) is 0.306. The number of rotatable bonds is 10. The van der Waals surface area contributed by atoms with E-state index in [1.807, 2.05) is 30.3 Å². The number of ether oxygens (including phenoxy) is 1. The van der Waals surface area contributed by atoms with E-state index in [0.29, 0.717) is 16.3 Å². The van der Waals surface area contributed by atoms with Gasteiger partial charge < -0.3 is 15.0 Å². The van der Waals surface area contributed by atoms with Crippen molar-refractivity contribution in [2.45, 2.75) is 57.2 Å². The summed E-state index contributed by atoms with van der Waals surface area (Å²) in [5, 5.41) is 3.87. The zero-order chi connectivity index (χ0) is 26.9. The smallest absolute Gasteiger partial charge is 0.261 e. The molecule has 3 aromatic carbocycles. The molecule has 0 aliphatic heterocycles. The summed E-state index contributed by atoms with van der Waals surface area (Å²) in [5.41, 5.74) is 1.21. The van der Waals surface area contributed by atoms with Crippen molar-refractivity contribution in [3.63, 3.8) is 0 Å². The van der Waals surface area contributed by atoms with E-state index in [1.165, 1.54) is 17.0 Å². The van der Waals surface area contributed by atoms with Crippen molar-refractivity contribution in [1.29, 1.82) is 0 Å². The maximum absolute atomic E-state index is 14.7. The van der Waals surface area contributed by atoms with Crippen molar-refractivity contribution in [3.8, 4) is 5.75 Å². The van der Waals surface area contributed by atoms with Gasteiger partial charge >= 0.3 is 0 Å². The second-order valence-electron chi connectivity index (χ2n) is 9.53. The van der Waals surface area contributed by atoms with Crippen LogP contribution in [0.1, 0.15) is 43.2 Å². The van der Waals surface area contributed by atoms with Crippen LogP contribution in [-0.2, 0) is 22.6 Å². The Labute approximate surface area is 232 Å². The number of carbonyl (C=O) groups excluding carboxylic acids is 2. The molecule has 0 bridgehead atoms. The first kappa shape index (κ1) is 27.9. The average molecular weight is 557 g/mol. The highest BCUT2D eigenvalue weighted by atomic mass is 35.5. The summed E-state index contributed by atoms with van der Waals surface area (Å²) in [6, 6.07) is 19.7. The van der Waals surface area contributed by atoms with E-state index in [1.54, 1.807) is 30.3 Å². The molecule has 8 heteroatoms. The average Bonchev–Trinajstić information content (AvgIpc) is 2.92. The maximum atomic E-state index is 14.7. The fourth-order valence-electron chi connectivity index (χ4n) is 4.72. The lowest BCUT2D eigenvalue weighted by atomic mass is 9.94. The van der Waals surface area contributed by atoms with E-state index in [2.05, 4.69) is 5.32 Å². The molecule has 1 aliphatic rings. The summed E-state index contributed by atoms with van der Waals surface area (Å²) in [5.74, 6) is -0.867. The lowest BCUT2D eigenvalue weighted by Crippen LogP contribution is -2.53. The van der Waals surface area contributed by atoms with Gasteiger partial charge in [-0.1, -0.05) is 91.0 Å². The van der Waals surface area contributed by atoms with Gasteiger partial charge in [0.25, 0.3) is 5.91 Å². The van der Waals surface area contributed by atoms with Gasteiger partial charge in [-0.25, -0.2) is 4.39 Å². The molecular weight excluding hydrogens is 526 g/mol. The molecular formula is C30H31Cl2FN2O3. The number of amides is 2. The van der Waals surface area contributed by atoms with Gasteiger partial charge in [0, 0.05) is 29.6 Å². The van der Waals surface area contributed by atoms with Crippen molar-refractivity contribution < 1.29 is 18.7 Å². The Morgan fingerprint density at radius 3 is 2.39 bits per heavy atom. The van der Waals surface area contributed by atoms with Crippen LogP contribution in [0.25, 0.3) is 0 Å². The van der Waals surface area contributed by atoms with Crippen LogP contribution in [0.2, 0.25) is 10.0 Å². The Hall–Kier alpha value is -3.09. The van der Waals surface area contributed by atoms with Gasteiger partial charge in [-0.2, -0.15) is 0 Å². The molecule has 38 heavy (non-hydrogen) atoms. The van der Waals surface area contributed by atoms with Crippen LogP contribution in [0.4, 0.5) is 4.39 Å². The lowest BCUT2D eigenvalue weighted by Gasteiger charge is -2.33. The Kier molecular flexibility index (Phi) is 10.0. The van der Waals surface area contributed by atoms with Crippen molar-refractivity contribution in [2.24, 2.45) is 0 Å². The van der Waals surface area contributed by atoms with Gasteiger partial charge in [0.05, 0.1) is 5.02 Å². The number of hydrogen-bond donors (Lipinski definition) is 1. The van der Waals surface area contributed by atoms with Crippen molar-refractivity contribution >= 4 is 35.0 Å². The summed E-state index contributed by atoms with van der Waals surface area (Å²) in [7, 11) is 0. The minimum Gasteiger partial charge on any atom is -0.482 e. The lowest BCUT2D eigenvalue weighted by molar-refractivity contribution is -0.143. The van der Waals surface area contributed by atoms with Crippen LogP contribution < -0.4 is 10.1 Å². The number of nitrogens with one attached hydrogen (secondary N) is 1. The molecule has 1 aliphatic carbocycles. The third kappa shape index (κ3) is 7.71. The number of hydrogen-bond acceptors (Lipinski definition) is 3. The zero-order valence-electron chi connectivity index (χ0n) is 21.0. The van der Waals surface area contributed by atoms with Crippen LogP contribution in [-0.4, -0.2) is 35.4 Å². The number of halogens is 3. The number of carbonyl (C=O) groups is 2. The first-order valence-corrected chi connectivity index (χ1v) is 13.6. The third-order valence-electron chi connectivity index (χ3n) is 6.77. The first-order chi connectivity index (χ1) is 18.4. The van der Waals surface area contributed by atoms with Gasteiger partial charge in [0.15, 0.2) is 6.61 Å². The Morgan fingerprint density at radius 2 is 1.68 bits per heavy atom. The third-order valence-corrected chi connectivity index (χ3v) is 7.30. The van der Waals surface area contributed by atoms with Gasteiger partial charge in [-0.3, -0.25) is 9.59 Å². The Morgan fingerprint density at radius 1 is 0.974 bits per heavy atom. The fraction of sp³-hybridized carbons (Fsp3) is 0.333. The largest absolute Gasteiger partial charge is 0.482 e. The molecule has 1 N–H and O–H groups in total. The molecule has 5 nitrogen and oxygen atoms in total. The van der Waals surface area contributed by atoms with E-state index in [4.69, 9.17) is 27.9 Å². The van der Waals surface area contributed by atoms with Crippen molar-refractivity contribution in [2.75, 3.05) is 6.61 Å². The fourth-order valence-corrected chi connectivity index (χ4v) is 5.19. The number of benzene rings is 3. The van der Waals surface area contributed by atoms with E-state index < -0.39 is 17.8 Å². The van der Waals surface area contributed by atoms with Gasteiger partial charge in [-0.05, 0) is 42.7 Å². The van der Waals surface area contributed by atoms with Crippen molar-refractivity contribution in [1.82, 2.24) is 10.2 Å². The molecule has 0 spiro atoms. The minimum atomic E-state index is -0.865. The van der Waals surface area contributed by atoms with Gasteiger partial charge in [-0.15, -0.1) is 0 Å². The standard InChI is InChI=1S/C30H31Cl2FN2O3/c31-23-15-16-28(25(32)18-23)38-20-29(36)35(19-22-11-7-8-14-26(22)33)27(17-21-9-3-1-4-10-21)30(37)34-24-12-5-2-6-13-24/h1,3-4,7-11,14-16,18,24,27H,2,5-6,12-13,17,19-20H2,(H,34,37)/t27-/m0/s1. The number of nitrogens with zero attached hydrogens (tertiary/aromatic N) is 1. The summed E-state index contributed by atoms with van der Waals surface area (Å²) >= 11 is 12.2. The van der Waals surface area contributed by atoms with E-state index in [-0.39, 0.29) is 36.5 Å². The van der Waals surface area contributed by atoms with E-state index >= 15 is 0 Å². The van der Waals surface area contributed by atoms with Crippen LogP contribution >= 0.6 is 23.2 Å². The topological polar surface area (TPSA) is 58.6 Å². The van der Waals surface area contributed by atoms with Crippen LogP contribution in [0.15, 0.2) is 72.8 Å². The molecule has 3 aromatic rings. The van der Waals surface area contributed by atoms with Crippen LogP contribution in [0.5, 0.6) is 5.75 Å². The van der Waals surface area contributed by atoms with Crippen LogP contribution in [0.3, 0.4) is 0 Å². The molecule has 1 fully saturated rings. The predicted octanol–water partition coefficient (Wildman–Crippen LogP) is 6.60. The highest BCUT2D eigenvalue weighted by Gasteiger charge is 2.32. The molecule has 0 heterocycles. The molecule has 0 unspecified atom stereocenters. The second kappa shape index (κ2) is 13.6. The monoisotopic (exact) mass is 556 g/mol. The van der Waals surface area contributed by atoms with E-state index in [0.717, 1.165) is 37.7 Å². The molecule has 0 radical (unpaired) electrons. The summed E-state index contributed by atoms with van der Waals surface area (Å²) in [6.07, 6.45) is 5.36. The highest BCUT2D eigenvalue weighted by Crippen LogP contribution is 2.28. The Bertz CT molecular complexity index is 1240. The molecule has 1 atom stereocenters. The Balaban J connectivity index is 1.62. The van der Waals surface area contributed by atoms with Gasteiger partial charge in [0.2, 0.25) is 5.91 Å². The SMILES string of the molecule is O=C(NC1CCCCC1)[C@H](Cc1ccccc1)N(Cc1ccccc1F)C(=O)COc1ccc(Cl)cc1Cl. The summed E-state index contributed by atoms with van der Waals surface area (Å²) in [6.45, 7) is -0.462. The molecule has 0 saturated heterocycles. The molecule has 200 valence electrons. The summed E-state index contributed by atoms with van der Waals surface area (Å²) in [4.78, 5) is 28.8. The minimum absolute atomic E-state index is 0.0593. The molecule has 2 amide bonds. The van der Waals surface area contributed by atoms with Gasteiger partial charge in [0.1, 0.15) is 17.6 Å².